The molecule has 3 fully saturated rings. The molecule has 4 N–H and O–H groups in total. The van der Waals surface area contributed by atoms with Crippen molar-refractivity contribution in [2.45, 2.75) is 70.1 Å². The van der Waals surface area contributed by atoms with Crippen LogP contribution in [0.5, 0.6) is 0 Å². The molecule has 3 aliphatic rings. The molecule has 0 aromatic heterocycles. The molecule has 124 valence electrons. The molecule has 0 aromatic rings. The molecule has 0 heterocycles. The largest absolute Gasteiger partial charge is 0.481 e. The van der Waals surface area contributed by atoms with Crippen LogP contribution in [-0.4, -0.2) is 40.4 Å². The second-order valence-electron chi connectivity index (χ2n) is 7.38. The van der Waals surface area contributed by atoms with Gasteiger partial charge in [0.1, 0.15) is 0 Å². The standard InChI is InChI=1S/C16H26N2O4/c1-9(13(19)10-5-3-2-4-6-10)17-15(22)18-12-8-16(14(20)21)7-11(12)16/h9-13,19H,2-8H2,1H3,(H,20,21)(H2,17,18,22)/t9?,11-,12-,13?,16-/m1/s1. The van der Waals surface area contributed by atoms with Gasteiger partial charge in [-0.05, 0) is 44.4 Å². The zero-order valence-electron chi connectivity index (χ0n) is 13.0. The fourth-order valence-corrected chi connectivity index (χ4v) is 4.34. The Bertz CT molecular complexity index is 463. The van der Waals surface area contributed by atoms with Gasteiger partial charge < -0.3 is 20.8 Å². The van der Waals surface area contributed by atoms with Gasteiger partial charge in [0.15, 0.2) is 0 Å². The molecule has 2 unspecified atom stereocenters. The summed E-state index contributed by atoms with van der Waals surface area (Å²) in [5.41, 5.74) is -0.550. The molecule has 6 nitrogen and oxygen atoms in total. The van der Waals surface area contributed by atoms with Gasteiger partial charge in [0.25, 0.3) is 0 Å². The molecule has 5 atom stereocenters. The number of fused-ring (bicyclic) bond motifs is 1. The molecule has 0 bridgehead atoms. The third-order valence-corrected chi connectivity index (χ3v) is 5.95. The number of rotatable bonds is 5. The number of hydrogen-bond acceptors (Lipinski definition) is 3. The summed E-state index contributed by atoms with van der Waals surface area (Å²) in [5.74, 6) is -0.373. The van der Waals surface area contributed by atoms with Crippen molar-refractivity contribution in [2.24, 2.45) is 17.3 Å². The number of aliphatic hydroxyl groups is 1. The molecule has 6 heteroatoms. The minimum atomic E-state index is -0.739. The van der Waals surface area contributed by atoms with Crippen LogP contribution >= 0.6 is 0 Å². The van der Waals surface area contributed by atoms with Gasteiger partial charge in [0.05, 0.1) is 17.6 Å². The smallest absolute Gasteiger partial charge is 0.315 e. The van der Waals surface area contributed by atoms with E-state index in [0.29, 0.717) is 12.8 Å². The van der Waals surface area contributed by atoms with Crippen molar-refractivity contribution in [3.8, 4) is 0 Å². The van der Waals surface area contributed by atoms with Gasteiger partial charge in [0, 0.05) is 6.04 Å². The number of carboxylic acid groups (broad SMARTS) is 1. The predicted octanol–water partition coefficient (Wildman–Crippen LogP) is 1.48. The average Bonchev–Trinajstić information content (AvgIpc) is 3.11. The highest BCUT2D eigenvalue weighted by atomic mass is 16.4. The second kappa shape index (κ2) is 5.72. The van der Waals surface area contributed by atoms with Crippen molar-refractivity contribution in [3.63, 3.8) is 0 Å². The zero-order valence-corrected chi connectivity index (χ0v) is 13.0. The minimum Gasteiger partial charge on any atom is -0.481 e. The number of aliphatic carboxylic acids is 1. The van der Waals surface area contributed by atoms with Gasteiger partial charge >= 0.3 is 12.0 Å². The van der Waals surface area contributed by atoms with Crippen LogP contribution in [0.25, 0.3) is 0 Å². The Balaban J connectivity index is 1.41. The molecule has 0 aliphatic heterocycles. The number of carboxylic acids is 1. The number of hydrogen-bond donors (Lipinski definition) is 4. The van der Waals surface area contributed by atoms with Crippen LogP contribution in [0.1, 0.15) is 51.9 Å². The first-order chi connectivity index (χ1) is 10.4. The van der Waals surface area contributed by atoms with Crippen molar-refractivity contribution < 1.29 is 19.8 Å². The maximum atomic E-state index is 12.0. The molecule has 3 aliphatic carbocycles. The monoisotopic (exact) mass is 310 g/mol. The second-order valence-corrected chi connectivity index (χ2v) is 7.38. The summed E-state index contributed by atoms with van der Waals surface area (Å²) in [4.78, 5) is 23.1. The Labute approximate surface area is 130 Å². The van der Waals surface area contributed by atoms with Gasteiger partial charge in [-0.25, -0.2) is 4.79 Å². The summed E-state index contributed by atoms with van der Waals surface area (Å²) >= 11 is 0. The van der Waals surface area contributed by atoms with Crippen LogP contribution < -0.4 is 10.6 Å². The summed E-state index contributed by atoms with van der Waals surface area (Å²) in [6, 6.07) is -0.611. The molecule has 3 saturated carbocycles. The first-order valence-electron chi connectivity index (χ1n) is 8.42. The number of urea groups is 1. The Hall–Kier alpha value is -1.30. The van der Waals surface area contributed by atoms with E-state index in [1.165, 1.54) is 6.42 Å². The van der Waals surface area contributed by atoms with E-state index in [-0.39, 0.29) is 30.0 Å². The Morgan fingerprint density at radius 1 is 1.18 bits per heavy atom. The van der Waals surface area contributed by atoms with Crippen molar-refractivity contribution >= 4 is 12.0 Å². The molecular weight excluding hydrogens is 284 g/mol. The van der Waals surface area contributed by atoms with Gasteiger partial charge in [-0.1, -0.05) is 19.3 Å². The first kappa shape index (κ1) is 15.6. The topological polar surface area (TPSA) is 98.7 Å². The molecule has 0 spiro atoms. The molecule has 0 aromatic carbocycles. The molecule has 0 saturated heterocycles. The highest BCUT2D eigenvalue weighted by molar-refractivity contribution is 5.82. The summed E-state index contributed by atoms with van der Waals surface area (Å²) < 4.78 is 0. The van der Waals surface area contributed by atoms with E-state index in [4.69, 9.17) is 5.11 Å². The maximum absolute atomic E-state index is 12.0. The van der Waals surface area contributed by atoms with Crippen molar-refractivity contribution in [2.75, 3.05) is 0 Å². The molecular formula is C16H26N2O4. The number of nitrogens with one attached hydrogen (secondary N) is 2. The van der Waals surface area contributed by atoms with Crippen LogP contribution in [0, 0.1) is 17.3 Å². The Morgan fingerprint density at radius 3 is 2.41 bits per heavy atom. The number of carbonyl (C=O) groups is 2. The van der Waals surface area contributed by atoms with Crippen molar-refractivity contribution in [1.82, 2.24) is 10.6 Å². The summed E-state index contributed by atoms with van der Waals surface area (Å²) in [5, 5.41) is 25.1. The molecule has 22 heavy (non-hydrogen) atoms. The molecule has 0 radical (unpaired) electrons. The van der Waals surface area contributed by atoms with Gasteiger partial charge in [-0.2, -0.15) is 0 Å². The van der Waals surface area contributed by atoms with E-state index in [1.54, 1.807) is 0 Å². The van der Waals surface area contributed by atoms with Gasteiger partial charge in [0.2, 0.25) is 0 Å². The fraction of sp³-hybridized carbons (Fsp3) is 0.875. The van der Waals surface area contributed by atoms with Gasteiger partial charge in [-0.3, -0.25) is 4.79 Å². The predicted molar refractivity (Wildman–Crippen MR) is 80.3 cm³/mol. The minimum absolute atomic E-state index is 0.0323. The van der Waals surface area contributed by atoms with E-state index in [2.05, 4.69) is 10.6 Å². The van der Waals surface area contributed by atoms with Crippen LogP contribution in [0.15, 0.2) is 0 Å². The van der Waals surface area contributed by atoms with E-state index in [1.807, 2.05) is 6.92 Å². The highest BCUT2D eigenvalue weighted by Gasteiger charge is 2.72. The molecule has 3 rings (SSSR count). The lowest BCUT2D eigenvalue weighted by molar-refractivity contribution is -0.147. The third-order valence-electron chi connectivity index (χ3n) is 5.95. The van der Waals surface area contributed by atoms with Crippen LogP contribution in [0.4, 0.5) is 4.79 Å². The lowest BCUT2D eigenvalue weighted by atomic mass is 9.80. The average molecular weight is 310 g/mol. The third kappa shape index (κ3) is 2.69. The number of aliphatic hydroxyl groups excluding tert-OH is 1. The SMILES string of the molecule is CC(NC(=O)N[C@@H]1C[C@]2(C(=O)O)C[C@H]12)C(O)C1CCCCC1. The van der Waals surface area contributed by atoms with E-state index < -0.39 is 17.5 Å². The van der Waals surface area contributed by atoms with Crippen LogP contribution in [-0.2, 0) is 4.79 Å². The Kier molecular flexibility index (Phi) is 4.05. The maximum Gasteiger partial charge on any atom is 0.315 e. The lowest BCUT2D eigenvalue weighted by Gasteiger charge is -2.34. The number of carbonyl (C=O) groups excluding carboxylic acids is 1. The number of amides is 2. The summed E-state index contributed by atoms with van der Waals surface area (Å²) in [7, 11) is 0. The Morgan fingerprint density at radius 2 is 1.86 bits per heavy atom. The normalized spacial score (nSPS) is 36.5. The zero-order chi connectivity index (χ0) is 15.9. The molecule has 2 amide bonds. The first-order valence-corrected chi connectivity index (χ1v) is 8.42. The summed E-state index contributed by atoms with van der Waals surface area (Å²) in [6.07, 6.45) is 6.30. The summed E-state index contributed by atoms with van der Waals surface area (Å²) in [6.45, 7) is 1.83. The van der Waals surface area contributed by atoms with Crippen LogP contribution in [0.3, 0.4) is 0 Å². The van der Waals surface area contributed by atoms with Gasteiger partial charge in [-0.15, -0.1) is 0 Å². The van der Waals surface area contributed by atoms with Crippen molar-refractivity contribution in [3.05, 3.63) is 0 Å². The fourth-order valence-electron chi connectivity index (χ4n) is 4.34. The highest BCUT2D eigenvalue weighted by Crippen LogP contribution is 2.67. The van der Waals surface area contributed by atoms with E-state index in [0.717, 1.165) is 25.7 Å². The van der Waals surface area contributed by atoms with Crippen molar-refractivity contribution in [1.29, 1.82) is 0 Å². The lowest BCUT2D eigenvalue weighted by Crippen LogP contribution is -2.55. The van der Waals surface area contributed by atoms with E-state index >= 15 is 0 Å². The van der Waals surface area contributed by atoms with E-state index in [9.17, 15) is 14.7 Å². The van der Waals surface area contributed by atoms with Crippen LogP contribution in [0.2, 0.25) is 0 Å². The quantitative estimate of drug-likeness (QED) is 0.618.